The Bertz CT molecular complexity index is 217. The van der Waals surface area contributed by atoms with Crippen LogP contribution in [0.4, 0.5) is 0 Å². The first-order chi connectivity index (χ1) is 6.70. The summed E-state index contributed by atoms with van der Waals surface area (Å²) in [7, 11) is 2.15. The Balaban J connectivity index is 1.90. The lowest BCUT2D eigenvalue weighted by Crippen LogP contribution is -2.43. The molecule has 2 heterocycles. The fraction of sp³-hybridized carbons (Fsp3) is 0.900. The van der Waals surface area contributed by atoms with Crippen molar-refractivity contribution in [2.24, 2.45) is 0 Å². The summed E-state index contributed by atoms with van der Waals surface area (Å²) in [6, 6.07) is 1.15. The van der Waals surface area contributed by atoms with Gasteiger partial charge < -0.3 is 14.7 Å². The van der Waals surface area contributed by atoms with Crippen molar-refractivity contribution in [2.75, 3.05) is 13.7 Å². The number of nitrogens with zero attached hydrogens (tertiary/aromatic N) is 1. The molecule has 80 valence electrons. The second kappa shape index (κ2) is 3.87. The standard InChI is InChI=1S/C10H17NO3/c1-11-7-2-3-8(11)5-9(4-7)14-10(13)6-12/h7-9,12H,2-6H2,1H3/t7-,8+,9?/i10+1. The third kappa shape index (κ3) is 1.77. The van der Waals surface area contributed by atoms with Gasteiger partial charge in [-0.25, -0.2) is 4.79 Å². The van der Waals surface area contributed by atoms with Crippen molar-refractivity contribution < 1.29 is 14.6 Å². The number of hydrogen-bond donors (Lipinski definition) is 1. The SMILES string of the molecule is CN1[C@@H]2CC[C@H]1CC(O[13C](=O)CO)C2. The molecule has 0 aromatic carbocycles. The third-order valence-corrected chi connectivity index (χ3v) is 3.48. The van der Waals surface area contributed by atoms with Crippen LogP contribution in [0.15, 0.2) is 0 Å². The zero-order valence-corrected chi connectivity index (χ0v) is 8.48. The lowest BCUT2D eigenvalue weighted by atomic mass is 10.0. The van der Waals surface area contributed by atoms with Gasteiger partial charge in [0.15, 0.2) is 0 Å². The van der Waals surface area contributed by atoms with Crippen molar-refractivity contribution in [1.82, 2.24) is 4.90 Å². The number of rotatable bonds is 2. The Hall–Kier alpha value is -0.610. The topological polar surface area (TPSA) is 49.8 Å². The second-order valence-electron chi connectivity index (χ2n) is 4.29. The van der Waals surface area contributed by atoms with Crippen LogP contribution in [-0.2, 0) is 9.53 Å². The predicted molar refractivity (Wildman–Crippen MR) is 50.8 cm³/mol. The van der Waals surface area contributed by atoms with E-state index in [9.17, 15) is 4.79 Å². The molecule has 2 aliphatic heterocycles. The van der Waals surface area contributed by atoms with Crippen LogP contribution in [0.1, 0.15) is 25.7 Å². The fourth-order valence-corrected chi connectivity index (χ4v) is 2.68. The molecular formula is C10H17NO3. The van der Waals surface area contributed by atoms with E-state index in [-0.39, 0.29) is 6.10 Å². The van der Waals surface area contributed by atoms with Crippen molar-refractivity contribution >= 4 is 5.97 Å². The second-order valence-corrected chi connectivity index (χ2v) is 4.29. The van der Waals surface area contributed by atoms with E-state index in [4.69, 9.17) is 9.84 Å². The smallest absolute Gasteiger partial charge is 0.332 e. The molecule has 4 nitrogen and oxygen atoms in total. The minimum absolute atomic E-state index is 0.0309. The van der Waals surface area contributed by atoms with Crippen molar-refractivity contribution in [3.8, 4) is 0 Å². The van der Waals surface area contributed by atoms with E-state index in [1.807, 2.05) is 0 Å². The van der Waals surface area contributed by atoms with Crippen molar-refractivity contribution in [3.05, 3.63) is 0 Å². The van der Waals surface area contributed by atoms with E-state index in [2.05, 4.69) is 11.9 Å². The van der Waals surface area contributed by atoms with Crippen LogP contribution in [0.3, 0.4) is 0 Å². The summed E-state index contributed by atoms with van der Waals surface area (Å²) in [5, 5.41) is 8.58. The lowest BCUT2D eigenvalue weighted by molar-refractivity contribution is -0.155. The van der Waals surface area contributed by atoms with E-state index < -0.39 is 12.6 Å². The Morgan fingerprint density at radius 2 is 2.00 bits per heavy atom. The zero-order chi connectivity index (χ0) is 10.1. The van der Waals surface area contributed by atoms with E-state index >= 15 is 0 Å². The van der Waals surface area contributed by atoms with Crippen molar-refractivity contribution in [2.45, 2.75) is 43.9 Å². The molecule has 0 amide bonds. The van der Waals surface area contributed by atoms with Gasteiger partial charge in [-0.2, -0.15) is 0 Å². The Morgan fingerprint density at radius 3 is 2.50 bits per heavy atom. The van der Waals surface area contributed by atoms with Crippen LogP contribution in [0, 0.1) is 0 Å². The van der Waals surface area contributed by atoms with Gasteiger partial charge in [0.25, 0.3) is 0 Å². The number of aliphatic hydroxyl groups is 1. The van der Waals surface area contributed by atoms with Gasteiger partial charge in [-0.1, -0.05) is 0 Å². The largest absolute Gasteiger partial charge is 0.461 e. The highest BCUT2D eigenvalue weighted by molar-refractivity contribution is 5.70. The highest BCUT2D eigenvalue weighted by atomic mass is 16.6. The maximum atomic E-state index is 10.9. The molecule has 1 unspecified atom stereocenters. The highest BCUT2D eigenvalue weighted by Gasteiger charge is 2.39. The molecule has 1 N–H and O–H groups in total. The van der Waals surface area contributed by atoms with Gasteiger partial charge in [-0.15, -0.1) is 0 Å². The molecule has 2 fully saturated rings. The molecule has 0 aromatic heterocycles. The number of ether oxygens (including phenoxy) is 1. The van der Waals surface area contributed by atoms with E-state index in [0.717, 1.165) is 12.8 Å². The van der Waals surface area contributed by atoms with Crippen molar-refractivity contribution in [3.63, 3.8) is 0 Å². The molecule has 14 heavy (non-hydrogen) atoms. The average Bonchev–Trinajstić information content (AvgIpc) is 2.42. The van der Waals surface area contributed by atoms with Crippen LogP contribution >= 0.6 is 0 Å². The summed E-state index contributed by atoms with van der Waals surface area (Å²) >= 11 is 0. The summed E-state index contributed by atoms with van der Waals surface area (Å²) in [4.78, 5) is 13.3. The summed E-state index contributed by atoms with van der Waals surface area (Å²) in [6.07, 6.45) is 4.32. The summed E-state index contributed by atoms with van der Waals surface area (Å²) in [5.41, 5.74) is 0. The predicted octanol–water partition coefficient (Wildman–Crippen LogP) is 0.147. The van der Waals surface area contributed by atoms with Crippen LogP contribution in [0.2, 0.25) is 0 Å². The lowest BCUT2D eigenvalue weighted by Gasteiger charge is -2.35. The molecule has 0 saturated carbocycles. The minimum atomic E-state index is -0.498. The maximum absolute atomic E-state index is 10.9. The van der Waals surface area contributed by atoms with Gasteiger partial charge in [0, 0.05) is 12.1 Å². The van der Waals surface area contributed by atoms with Gasteiger partial charge in [-0.05, 0) is 32.7 Å². The van der Waals surface area contributed by atoms with E-state index in [1.165, 1.54) is 12.8 Å². The molecule has 0 spiro atoms. The van der Waals surface area contributed by atoms with Crippen molar-refractivity contribution in [1.29, 1.82) is 0 Å². The molecule has 2 aliphatic rings. The molecular weight excluding hydrogens is 183 g/mol. The molecule has 4 heteroatoms. The molecule has 0 aliphatic carbocycles. The van der Waals surface area contributed by atoms with E-state index in [1.54, 1.807) is 0 Å². The number of carbonyl (C=O) groups is 1. The molecule has 0 radical (unpaired) electrons. The Labute approximate surface area is 83.8 Å². The molecule has 0 aromatic rings. The normalized spacial score (nSPS) is 37.1. The highest BCUT2D eigenvalue weighted by Crippen LogP contribution is 2.35. The van der Waals surface area contributed by atoms with Crippen LogP contribution in [0.25, 0.3) is 0 Å². The summed E-state index contributed by atoms with van der Waals surface area (Å²) < 4.78 is 5.15. The fourth-order valence-electron chi connectivity index (χ4n) is 2.68. The van der Waals surface area contributed by atoms with Gasteiger partial charge in [0.1, 0.15) is 12.7 Å². The first-order valence-corrected chi connectivity index (χ1v) is 5.23. The van der Waals surface area contributed by atoms with Gasteiger partial charge in [0.05, 0.1) is 0 Å². The van der Waals surface area contributed by atoms with Crippen LogP contribution in [-0.4, -0.2) is 47.8 Å². The average molecular weight is 200 g/mol. The maximum Gasteiger partial charge on any atom is 0.332 e. The number of fused-ring (bicyclic) bond motifs is 2. The zero-order valence-electron chi connectivity index (χ0n) is 8.48. The van der Waals surface area contributed by atoms with Gasteiger partial charge in [0.2, 0.25) is 0 Å². The quantitative estimate of drug-likeness (QED) is 0.509. The first kappa shape index (κ1) is 9.93. The summed E-state index contributed by atoms with van der Waals surface area (Å²) in [6.45, 7) is -0.498. The minimum Gasteiger partial charge on any atom is -0.461 e. The summed E-state index contributed by atoms with van der Waals surface area (Å²) in [5.74, 6) is -0.487. The van der Waals surface area contributed by atoms with Crippen LogP contribution in [0.5, 0.6) is 0 Å². The van der Waals surface area contributed by atoms with Crippen LogP contribution < -0.4 is 0 Å². The molecule has 2 saturated heterocycles. The number of aliphatic hydroxyl groups excluding tert-OH is 1. The number of esters is 1. The first-order valence-electron chi connectivity index (χ1n) is 5.23. The number of hydrogen-bond acceptors (Lipinski definition) is 4. The molecule has 3 atom stereocenters. The molecule has 2 rings (SSSR count). The van der Waals surface area contributed by atoms with E-state index in [0.29, 0.717) is 12.1 Å². The Morgan fingerprint density at radius 1 is 1.43 bits per heavy atom. The van der Waals surface area contributed by atoms with Gasteiger partial charge >= 0.3 is 5.97 Å². The monoisotopic (exact) mass is 200 g/mol. The molecule has 2 bridgehead atoms. The number of carbonyl (C=O) groups excluding carboxylic acids is 1. The number of piperidine rings is 1. The Kier molecular flexibility index (Phi) is 2.74. The van der Waals surface area contributed by atoms with Gasteiger partial charge in [-0.3, -0.25) is 0 Å². The third-order valence-electron chi connectivity index (χ3n) is 3.48.